The molecule has 1 aromatic carbocycles. The van der Waals surface area contributed by atoms with Crippen molar-refractivity contribution in [2.75, 3.05) is 42.0 Å². The van der Waals surface area contributed by atoms with Gasteiger partial charge in [-0.3, -0.25) is 4.99 Å². The van der Waals surface area contributed by atoms with Crippen LogP contribution >= 0.6 is 0 Å². The molecule has 7 heteroatoms. The first-order valence-corrected chi connectivity index (χ1v) is 8.73. The zero-order valence-corrected chi connectivity index (χ0v) is 16.7. The molecule has 1 aromatic heterocycles. The van der Waals surface area contributed by atoms with E-state index in [9.17, 15) is 0 Å². The molecule has 27 heavy (non-hydrogen) atoms. The second kappa shape index (κ2) is 10.3. The molecule has 0 saturated heterocycles. The van der Waals surface area contributed by atoms with E-state index in [0.717, 1.165) is 36.0 Å². The Morgan fingerprint density at radius 1 is 1.11 bits per heavy atom. The molecule has 0 saturated carbocycles. The third-order valence-electron chi connectivity index (χ3n) is 4.24. The molecule has 0 aliphatic heterocycles. The number of ether oxygens (including phenoxy) is 3. The number of guanidine groups is 1. The first-order valence-electron chi connectivity index (χ1n) is 8.73. The number of hydrogen-bond acceptors (Lipinski definition) is 5. The monoisotopic (exact) mass is 372 g/mol. The number of nitrogens with zero attached hydrogens (tertiary/aromatic N) is 3. The Balaban J connectivity index is 1.94. The molecule has 0 aliphatic carbocycles. The van der Waals surface area contributed by atoms with Crippen LogP contribution in [0.2, 0.25) is 0 Å². The molecule has 0 unspecified atom stereocenters. The van der Waals surface area contributed by atoms with E-state index in [-0.39, 0.29) is 0 Å². The van der Waals surface area contributed by atoms with Crippen LogP contribution in [-0.2, 0) is 13.0 Å². The zero-order valence-electron chi connectivity index (χ0n) is 16.7. The minimum absolute atomic E-state index is 0.588. The Morgan fingerprint density at radius 3 is 2.56 bits per heavy atom. The Labute approximate surface area is 161 Å². The molecule has 0 atom stereocenters. The van der Waals surface area contributed by atoms with Crippen molar-refractivity contribution in [1.82, 2.24) is 15.2 Å². The highest BCUT2D eigenvalue weighted by molar-refractivity contribution is 5.79. The number of pyridine rings is 1. The van der Waals surface area contributed by atoms with Gasteiger partial charge in [0.05, 0.1) is 21.3 Å². The minimum atomic E-state index is 0.588. The predicted molar refractivity (Wildman–Crippen MR) is 107 cm³/mol. The van der Waals surface area contributed by atoms with Crippen molar-refractivity contribution in [3.63, 3.8) is 0 Å². The van der Waals surface area contributed by atoms with E-state index in [4.69, 9.17) is 14.2 Å². The molecule has 146 valence electrons. The molecule has 0 aliphatic rings. The highest BCUT2D eigenvalue weighted by Gasteiger charge is 2.10. The van der Waals surface area contributed by atoms with Gasteiger partial charge < -0.3 is 24.4 Å². The topological polar surface area (TPSA) is 68.2 Å². The van der Waals surface area contributed by atoms with E-state index in [2.05, 4.69) is 20.2 Å². The SMILES string of the molecule is CN=C(NCc1cccnc1OC)N(C)CCc1ccc(OC)c(OC)c1. The molecular weight excluding hydrogens is 344 g/mol. The van der Waals surface area contributed by atoms with Gasteiger partial charge in [-0.05, 0) is 30.2 Å². The highest BCUT2D eigenvalue weighted by atomic mass is 16.5. The average Bonchev–Trinajstić information content (AvgIpc) is 2.72. The molecule has 0 spiro atoms. The van der Waals surface area contributed by atoms with Gasteiger partial charge in [0.25, 0.3) is 0 Å². The van der Waals surface area contributed by atoms with Crippen LogP contribution in [0.5, 0.6) is 17.4 Å². The maximum absolute atomic E-state index is 5.37. The predicted octanol–water partition coefficient (Wildman–Crippen LogP) is 2.36. The van der Waals surface area contributed by atoms with Gasteiger partial charge >= 0.3 is 0 Å². The van der Waals surface area contributed by atoms with E-state index in [1.165, 1.54) is 5.56 Å². The molecule has 0 amide bonds. The third kappa shape index (κ3) is 5.51. The van der Waals surface area contributed by atoms with Gasteiger partial charge in [-0.2, -0.15) is 0 Å². The number of methoxy groups -OCH3 is 3. The number of hydrogen-bond donors (Lipinski definition) is 1. The van der Waals surface area contributed by atoms with Crippen molar-refractivity contribution in [1.29, 1.82) is 0 Å². The first kappa shape index (κ1) is 20.4. The van der Waals surface area contributed by atoms with Crippen molar-refractivity contribution in [3.8, 4) is 17.4 Å². The van der Waals surface area contributed by atoms with Crippen LogP contribution in [0, 0.1) is 0 Å². The number of benzene rings is 1. The maximum Gasteiger partial charge on any atom is 0.218 e. The molecule has 0 radical (unpaired) electrons. The summed E-state index contributed by atoms with van der Waals surface area (Å²) in [5.74, 6) is 2.90. The molecule has 0 bridgehead atoms. The van der Waals surface area contributed by atoms with Gasteiger partial charge in [-0.15, -0.1) is 0 Å². The van der Waals surface area contributed by atoms with Crippen molar-refractivity contribution in [3.05, 3.63) is 47.7 Å². The fraction of sp³-hybridized carbons (Fsp3) is 0.400. The molecular formula is C20H28N4O3. The molecule has 7 nitrogen and oxygen atoms in total. The van der Waals surface area contributed by atoms with Crippen LogP contribution < -0.4 is 19.5 Å². The lowest BCUT2D eigenvalue weighted by Crippen LogP contribution is -2.39. The zero-order chi connectivity index (χ0) is 19.6. The van der Waals surface area contributed by atoms with Crippen molar-refractivity contribution < 1.29 is 14.2 Å². The summed E-state index contributed by atoms with van der Waals surface area (Å²) in [6.07, 6.45) is 2.57. The quantitative estimate of drug-likeness (QED) is 0.567. The number of rotatable bonds is 8. The van der Waals surface area contributed by atoms with Gasteiger partial charge in [-0.1, -0.05) is 12.1 Å². The fourth-order valence-corrected chi connectivity index (χ4v) is 2.74. The largest absolute Gasteiger partial charge is 0.493 e. The summed E-state index contributed by atoms with van der Waals surface area (Å²) < 4.78 is 15.9. The van der Waals surface area contributed by atoms with Gasteiger partial charge in [0.2, 0.25) is 5.88 Å². The maximum atomic E-state index is 5.37. The van der Waals surface area contributed by atoms with E-state index in [0.29, 0.717) is 12.4 Å². The fourth-order valence-electron chi connectivity index (χ4n) is 2.74. The van der Waals surface area contributed by atoms with Crippen molar-refractivity contribution in [2.24, 2.45) is 4.99 Å². The summed E-state index contributed by atoms with van der Waals surface area (Å²) in [4.78, 5) is 10.7. The first-order chi connectivity index (χ1) is 13.1. The van der Waals surface area contributed by atoms with Crippen LogP contribution in [0.25, 0.3) is 0 Å². The normalized spacial score (nSPS) is 11.1. The summed E-state index contributed by atoms with van der Waals surface area (Å²) in [5, 5.41) is 3.35. The van der Waals surface area contributed by atoms with Crippen molar-refractivity contribution >= 4 is 5.96 Å². The molecule has 1 heterocycles. The number of nitrogens with one attached hydrogen (secondary N) is 1. The summed E-state index contributed by atoms with van der Waals surface area (Å²) in [6.45, 7) is 1.39. The standard InChI is InChI=1S/C20H28N4O3/c1-21-20(23-14-16-7-6-11-22-19(16)27-5)24(2)12-10-15-8-9-17(25-3)18(13-15)26-4/h6-9,11,13H,10,12,14H2,1-5H3,(H,21,23). The smallest absolute Gasteiger partial charge is 0.218 e. The lowest BCUT2D eigenvalue weighted by Gasteiger charge is -2.22. The second-order valence-corrected chi connectivity index (χ2v) is 5.93. The molecule has 2 aromatic rings. The number of aliphatic imine (C=N–C) groups is 1. The third-order valence-corrected chi connectivity index (χ3v) is 4.24. The lowest BCUT2D eigenvalue weighted by molar-refractivity contribution is 0.354. The summed E-state index contributed by atoms with van der Waals surface area (Å²) in [6, 6.07) is 9.85. The summed E-state index contributed by atoms with van der Waals surface area (Å²) in [7, 11) is 8.69. The Kier molecular flexibility index (Phi) is 7.73. The summed E-state index contributed by atoms with van der Waals surface area (Å²) >= 11 is 0. The van der Waals surface area contributed by atoms with Crippen LogP contribution in [0.15, 0.2) is 41.5 Å². The van der Waals surface area contributed by atoms with E-state index < -0.39 is 0 Å². The summed E-state index contributed by atoms with van der Waals surface area (Å²) in [5.41, 5.74) is 2.15. The van der Waals surface area contributed by atoms with Gasteiger partial charge in [0.1, 0.15) is 0 Å². The van der Waals surface area contributed by atoms with Crippen LogP contribution in [0.4, 0.5) is 0 Å². The molecule has 0 fully saturated rings. The average molecular weight is 372 g/mol. The highest BCUT2D eigenvalue weighted by Crippen LogP contribution is 2.27. The van der Waals surface area contributed by atoms with Crippen molar-refractivity contribution in [2.45, 2.75) is 13.0 Å². The lowest BCUT2D eigenvalue weighted by atomic mass is 10.1. The van der Waals surface area contributed by atoms with Gasteiger partial charge in [0, 0.05) is 38.9 Å². The van der Waals surface area contributed by atoms with Crippen LogP contribution in [-0.4, -0.2) is 57.8 Å². The van der Waals surface area contributed by atoms with E-state index >= 15 is 0 Å². The van der Waals surface area contributed by atoms with Crippen LogP contribution in [0.1, 0.15) is 11.1 Å². The van der Waals surface area contributed by atoms with Gasteiger partial charge in [-0.25, -0.2) is 4.98 Å². The molecule has 1 N–H and O–H groups in total. The number of likely N-dealkylation sites (N-methyl/N-ethyl adjacent to an activating group) is 1. The Bertz CT molecular complexity index is 765. The Morgan fingerprint density at radius 2 is 1.89 bits per heavy atom. The number of aromatic nitrogens is 1. The minimum Gasteiger partial charge on any atom is -0.493 e. The Hall–Kier alpha value is -2.96. The van der Waals surface area contributed by atoms with E-state index in [1.807, 2.05) is 37.4 Å². The van der Waals surface area contributed by atoms with E-state index in [1.54, 1.807) is 34.6 Å². The molecule has 2 rings (SSSR count). The second-order valence-electron chi connectivity index (χ2n) is 5.93. The van der Waals surface area contributed by atoms with Gasteiger partial charge in [0.15, 0.2) is 17.5 Å². The van der Waals surface area contributed by atoms with Crippen LogP contribution in [0.3, 0.4) is 0 Å².